The van der Waals surface area contributed by atoms with Gasteiger partial charge in [0.2, 0.25) is 0 Å². The molecular formula is C32H35F5N8O2. The van der Waals surface area contributed by atoms with Crippen LogP contribution in [-0.2, 0) is 36.9 Å². The molecular weight excluding hydrogens is 623 g/mol. The Balaban J connectivity index is 0.000000334. The molecule has 0 spiro atoms. The Labute approximate surface area is 267 Å². The summed E-state index contributed by atoms with van der Waals surface area (Å²) in [5.74, 6) is -0.590. The molecule has 1 aromatic carbocycles. The lowest BCUT2D eigenvalue weighted by Crippen LogP contribution is -2.29. The standard InChI is InChI=1S/C25H23F4N7O2.C7H12FN/c1-37-24-32-18-10-19(20-15(25(27,28)29)5-6-16(30)21(20)26)38-12-14(18)23(33-24)35-8-2-4-17-13(11-35)22-31-7-3-9-36(22)34-17;8-6-4-7-2-1-3-9(7)5-6/h3,5-7,9,19H,2,4,8,10-12,30H2,1H3;6-7H,1-5H2. The zero-order valence-corrected chi connectivity index (χ0v) is 25.8. The fourth-order valence-corrected chi connectivity index (χ4v) is 7.20. The molecule has 3 unspecified atom stereocenters. The fourth-order valence-electron chi connectivity index (χ4n) is 7.20. The Kier molecular flexibility index (Phi) is 8.37. The highest BCUT2D eigenvalue weighted by Crippen LogP contribution is 2.43. The van der Waals surface area contributed by atoms with Crippen LogP contribution < -0.4 is 15.4 Å². The minimum atomic E-state index is -4.78. The minimum Gasteiger partial charge on any atom is -0.467 e. The second kappa shape index (κ2) is 12.5. The number of nitrogens with zero attached hydrogens (tertiary/aromatic N) is 7. The number of methoxy groups -OCH3 is 1. The predicted octanol–water partition coefficient (Wildman–Crippen LogP) is 5.23. The van der Waals surface area contributed by atoms with Gasteiger partial charge in [-0.3, -0.25) is 4.90 Å². The van der Waals surface area contributed by atoms with Crippen LogP contribution in [0, 0.1) is 5.82 Å². The second-order valence-electron chi connectivity index (χ2n) is 12.4. The van der Waals surface area contributed by atoms with Crippen molar-refractivity contribution in [1.82, 2.24) is 29.5 Å². The van der Waals surface area contributed by atoms with Gasteiger partial charge in [-0.05, 0) is 56.8 Å². The lowest BCUT2D eigenvalue weighted by Gasteiger charge is -2.31. The van der Waals surface area contributed by atoms with Gasteiger partial charge in [-0.1, -0.05) is 0 Å². The molecule has 2 N–H and O–H groups in total. The number of benzene rings is 1. The van der Waals surface area contributed by atoms with Crippen LogP contribution >= 0.6 is 0 Å². The van der Waals surface area contributed by atoms with Crippen molar-refractivity contribution >= 4 is 17.2 Å². The first-order valence-corrected chi connectivity index (χ1v) is 15.7. The number of hydrogen-bond acceptors (Lipinski definition) is 9. The van der Waals surface area contributed by atoms with Crippen LogP contribution in [0.25, 0.3) is 5.65 Å². The van der Waals surface area contributed by atoms with Crippen molar-refractivity contribution in [1.29, 1.82) is 0 Å². The van der Waals surface area contributed by atoms with Crippen molar-refractivity contribution in [3.63, 3.8) is 0 Å². The molecule has 250 valence electrons. The number of anilines is 2. The molecule has 4 aliphatic heterocycles. The molecule has 0 saturated carbocycles. The normalized spacial score (nSPS) is 22.7. The third-order valence-electron chi connectivity index (χ3n) is 9.40. The molecule has 47 heavy (non-hydrogen) atoms. The molecule has 0 amide bonds. The van der Waals surface area contributed by atoms with Gasteiger partial charge < -0.3 is 20.1 Å². The number of halogens is 5. The number of hydrogen-bond donors (Lipinski definition) is 1. The average molecular weight is 659 g/mol. The summed E-state index contributed by atoms with van der Waals surface area (Å²) in [6, 6.07) is 4.16. The summed E-state index contributed by atoms with van der Waals surface area (Å²) in [5, 5.41) is 4.66. The van der Waals surface area contributed by atoms with E-state index < -0.39 is 35.4 Å². The van der Waals surface area contributed by atoms with E-state index in [1.54, 1.807) is 10.7 Å². The van der Waals surface area contributed by atoms with E-state index in [-0.39, 0.29) is 24.7 Å². The van der Waals surface area contributed by atoms with E-state index in [0.717, 1.165) is 54.8 Å². The van der Waals surface area contributed by atoms with Crippen molar-refractivity contribution in [3.8, 4) is 6.01 Å². The molecule has 0 radical (unpaired) electrons. The van der Waals surface area contributed by atoms with Crippen molar-refractivity contribution < 1.29 is 31.4 Å². The predicted molar refractivity (Wildman–Crippen MR) is 162 cm³/mol. The first kappa shape index (κ1) is 31.5. The monoisotopic (exact) mass is 658 g/mol. The van der Waals surface area contributed by atoms with Crippen LogP contribution in [0.5, 0.6) is 6.01 Å². The summed E-state index contributed by atoms with van der Waals surface area (Å²) in [6.45, 7) is 2.86. The van der Waals surface area contributed by atoms with Gasteiger partial charge in [-0.2, -0.15) is 28.2 Å². The molecule has 0 bridgehead atoms. The number of fused-ring (bicyclic) bond motifs is 5. The minimum absolute atomic E-state index is 0.0611. The van der Waals surface area contributed by atoms with Gasteiger partial charge in [-0.15, -0.1) is 0 Å². The highest BCUT2D eigenvalue weighted by atomic mass is 19.4. The number of nitrogens with two attached hydrogens (primary N) is 1. The first-order chi connectivity index (χ1) is 22.6. The smallest absolute Gasteiger partial charge is 0.416 e. The molecule has 8 rings (SSSR count). The van der Waals surface area contributed by atoms with Crippen molar-refractivity contribution in [3.05, 3.63) is 70.1 Å². The molecule has 7 heterocycles. The maximum Gasteiger partial charge on any atom is 0.416 e. The van der Waals surface area contributed by atoms with Gasteiger partial charge in [0.1, 0.15) is 12.0 Å². The largest absolute Gasteiger partial charge is 0.467 e. The fraction of sp³-hybridized carbons (Fsp3) is 0.500. The summed E-state index contributed by atoms with van der Waals surface area (Å²) in [5.41, 5.74) is 7.21. The van der Waals surface area contributed by atoms with Crippen LogP contribution in [0.4, 0.5) is 33.5 Å². The van der Waals surface area contributed by atoms with Crippen molar-refractivity contribution in [2.75, 3.05) is 37.4 Å². The molecule has 4 aliphatic rings. The maximum absolute atomic E-state index is 15.0. The average Bonchev–Trinajstić information content (AvgIpc) is 3.69. The Morgan fingerprint density at radius 1 is 1.09 bits per heavy atom. The zero-order chi connectivity index (χ0) is 32.9. The highest BCUT2D eigenvalue weighted by molar-refractivity contribution is 5.57. The van der Waals surface area contributed by atoms with E-state index in [9.17, 15) is 22.0 Å². The molecule has 2 saturated heterocycles. The summed E-state index contributed by atoms with van der Waals surface area (Å²) in [4.78, 5) is 17.8. The zero-order valence-electron chi connectivity index (χ0n) is 25.8. The first-order valence-electron chi connectivity index (χ1n) is 15.7. The van der Waals surface area contributed by atoms with E-state index in [2.05, 4.69) is 29.9 Å². The number of aromatic nitrogens is 5. The molecule has 15 heteroatoms. The van der Waals surface area contributed by atoms with Crippen molar-refractivity contribution in [2.45, 2.75) is 76.2 Å². The molecule has 4 aromatic rings. The molecule has 3 atom stereocenters. The van der Waals surface area contributed by atoms with E-state index in [4.69, 9.17) is 15.2 Å². The van der Waals surface area contributed by atoms with Gasteiger partial charge in [0.15, 0.2) is 11.5 Å². The third-order valence-corrected chi connectivity index (χ3v) is 9.40. The SMILES string of the molecule is COc1nc2c(c(N3CCCc4nn5cccnc5c4C3)n1)COC(c1c(C(F)(F)F)ccc(N)c1F)C2.FC1CC2CCCN2C1. The Bertz CT molecular complexity index is 1770. The lowest BCUT2D eigenvalue weighted by atomic mass is 9.94. The third kappa shape index (κ3) is 6.06. The number of alkyl halides is 4. The topological polar surface area (TPSA) is 107 Å². The van der Waals surface area contributed by atoms with Crippen LogP contribution in [0.3, 0.4) is 0 Å². The van der Waals surface area contributed by atoms with E-state index in [1.807, 2.05) is 12.3 Å². The number of rotatable bonds is 3. The van der Waals surface area contributed by atoms with Gasteiger partial charge in [0, 0.05) is 61.2 Å². The van der Waals surface area contributed by atoms with Crippen LogP contribution in [0.15, 0.2) is 30.6 Å². The number of nitrogen functional groups attached to an aromatic ring is 1. The van der Waals surface area contributed by atoms with Crippen LogP contribution in [0.1, 0.15) is 65.4 Å². The number of aryl methyl sites for hydroxylation is 1. The van der Waals surface area contributed by atoms with Gasteiger partial charge >= 0.3 is 12.2 Å². The summed E-state index contributed by atoms with van der Waals surface area (Å²) in [7, 11) is 1.41. The van der Waals surface area contributed by atoms with E-state index >= 15 is 0 Å². The lowest BCUT2D eigenvalue weighted by molar-refractivity contribution is -0.140. The quantitative estimate of drug-likeness (QED) is 0.234. The Morgan fingerprint density at radius 2 is 1.94 bits per heavy atom. The number of ether oxygens (including phenoxy) is 2. The summed E-state index contributed by atoms with van der Waals surface area (Å²) < 4.78 is 81.8. The molecule has 0 aliphatic carbocycles. The molecule has 3 aromatic heterocycles. The summed E-state index contributed by atoms with van der Waals surface area (Å²) in [6.07, 6.45) is 1.78. The molecule has 2 fully saturated rings. The maximum atomic E-state index is 15.0. The van der Waals surface area contributed by atoms with Gasteiger partial charge in [-0.25, -0.2) is 18.3 Å². The second-order valence-corrected chi connectivity index (χ2v) is 12.4. The van der Waals surface area contributed by atoms with Crippen LogP contribution in [0.2, 0.25) is 0 Å². The van der Waals surface area contributed by atoms with Gasteiger partial charge in [0.05, 0.1) is 42.5 Å². The van der Waals surface area contributed by atoms with E-state index in [1.165, 1.54) is 20.0 Å². The summed E-state index contributed by atoms with van der Waals surface area (Å²) >= 11 is 0. The van der Waals surface area contributed by atoms with Crippen LogP contribution in [-0.4, -0.2) is 68.4 Å². The Hall–Kier alpha value is -4.11. The van der Waals surface area contributed by atoms with E-state index in [0.29, 0.717) is 42.8 Å². The molecule has 10 nitrogen and oxygen atoms in total. The Morgan fingerprint density at radius 3 is 2.72 bits per heavy atom. The van der Waals surface area contributed by atoms with Gasteiger partial charge in [0.25, 0.3) is 0 Å². The van der Waals surface area contributed by atoms with Crippen molar-refractivity contribution in [2.24, 2.45) is 0 Å². The highest BCUT2D eigenvalue weighted by Gasteiger charge is 2.40.